The first-order chi connectivity index (χ1) is 5.97. The first-order valence-electron chi connectivity index (χ1n) is 4.22. The molecule has 0 unspecified atom stereocenters. The topological polar surface area (TPSA) is 75.4 Å². The van der Waals surface area contributed by atoms with Crippen molar-refractivity contribution in [2.75, 3.05) is 20.1 Å². The Labute approximate surface area is 78.3 Å². The van der Waals surface area contributed by atoms with Gasteiger partial charge in [-0.15, -0.1) is 0 Å². The zero-order valence-electron chi connectivity index (χ0n) is 8.33. The van der Waals surface area contributed by atoms with Crippen LogP contribution in [0.25, 0.3) is 0 Å². The van der Waals surface area contributed by atoms with E-state index in [1.54, 1.807) is 0 Å². The molecule has 0 bridgehead atoms. The van der Waals surface area contributed by atoms with Gasteiger partial charge in [-0.05, 0) is 5.92 Å². The molecule has 0 spiro atoms. The number of nitrogens with one attached hydrogen (secondary N) is 1. The summed E-state index contributed by atoms with van der Waals surface area (Å²) in [6, 6.07) is -0.271. The van der Waals surface area contributed by atoms with Crippen molar-refractivity contribution in [2.24, 2.45) is 11.7 Å². The molecule has 0 aromatic carbocycles. The first kappa shape index (κ1) is 11.7. The number of carbonyl (C=O) groups is 2. The molecule has 0 atom stereocenters. The molecule has 0 aromatic rings. The van der Waals surface area contributed by atoms with Crippen molar-refractivity contribution >= 4 is 11.9 Å². The predicted molar refractivity (Wildman–Crippen MR) is 50.1 cm³/mol. The van der Waals surface area contributed by atoms with Gasteiger partial charge in [-0.1, -0.05) is 13.8 Å². The molecule has 0 aromatic heterocycles. The standard InChI is InChI=1S/C8H17N3O2/c1-6(2)4-11(5-7(9)12)8(13)10-3/h6H,4-5H2,1-3H3,(H2,9,12)(H,10,13). The van der Waals surface area contributed by atoms with E-state index in [1.807, 2.05) is 13.8 Å². The Bertz CT molecular complexity index is 192. The third-order valence-electron chi connectivity index (χ3n) is 1.43. The number of nitrogens with two attached hydrogens (primary N) is 1. The third-order valence-corrected chi connectivity index (χ3v) is 1.43. The molecule has 0 saturated heterocycles. The summed E-state index contributed by atoms with van der Waals surface area (Å²) in [6.07, 6.45) is 0. The average Bonchev–Trinajstić information content (AvgIpc) is 2.00. The van der Waals surface area contributed by atoms with Crippen LogP contribution >= 0.6 is 0 Å². The zero-order chi connectivity index (χ0) is 10.4. The van der Waals surface area contributed by atoms with Gasteiger partial charge in [0, 0.05) is 13.6 Å². The molecular formula is C8H17N3O2. The van der Waals surface area contributed by atoms with Gasteiger partial charge in [-0.3, -0.25) is 4.79 Å². The molecule has 0 aliphatic heterocycles. The summed E-state index contributed by atoms with van der Waals surface area (Å²) in [5, 5.41) is 2.46. The Balaban J connectivity index is 4.18. The van der Waals surface area contributed by atoms with Gasteiger partial charge in [-0.25, -0.2) is 4.79 Å². The van der Waals surface area contributed by atoms with Crippen LogP contribution in [0.2, 0.25) is 0 Å². The molecule has 5 heteroatoms. The molecule has 0 aliphatic carbocycles. The summed E-state index contributed by atoms with van der Waals surface area (Å²) in [6.45, 7) is 4.44. The van der Waals surface area contributed by atoms with Crippen LogP contribution in [0, 0.1) is 5.92 Å². The highest BCUT2D eigenvalue weighted by molar-refractivity contribution is 5.82. The number of carbonyl (C=O) groups excluding carboxylic acids is 2. The van der Waals surface area contributed by atoms with Crippen LogP contribution in [0.5, 0.6) is 0 Å². The molecular weight excluding hydrogens is 170 g/mol. The molecule has 0 radical (unpaired) electrons. The normalized spacial score (nSPS) is 9.85. The Hall–Kier alpha value is -1.26. The fourth-order valence-electron chi connectivity index (χ4n) is 1.01. The van der Waals surface area contributed by atoms with Crippen molar-refractivity contribution in [3.05, 3.63) is 0 Å². The van der Waals surface area contributed by atoms with Crippen molar-refractivity contribution in [3.8, 4) is 0 Å². The minimum atomic E-state index is -0.496. The lowest BCUT2D eigenvalue weighted by molar-refractivity contribution is -0.118. The second kappa shape index (κ2) is 5.40. The minimum Gasteiger partial charge on any atom is -0.368 e. The number of urea groups is 1. The van der Waals surface area contributed by atoms with Crippen molar-refractivity contribution in [1.82, 2.24) is 10.2 Å². The van der Waals surface area contributed by atoms with E-state index in [1.165, 1.54) is 11.9 Å². The van der Waals surface area contributed by atoms with Crippen LogP contribution in [-0.4, -0.2) is 37.0 Å². The van der Waals surface area contributed by atoms with Crippen LogP contribution in [0.4, 0.5) is 4.79 Å². The molecule has 5 nitrogen and oxygen atoms in total. The molecule has 76 valence electrons. The number of rotatable bonds is 4. The smallest absolute Gasteiger partial charge is 0.317 e. The van der Waals surface area contributed by atoms with Crippen LogP contribution in [0.3, 0.4) is 0 Å². The van der Waals surface area contributed by atoms with E-state index in [0.717, 1.165) is 0 Å². The summed E-state index contributed by atoms with van der Waals surface area (Å²) in [5.74, 6) is -0.180. The molecule has 3 amide bonds. The van der Waals surface area contributed by atoms with E-state index >= 15 is 0 Å². The van der Waals surface area contributed by atoms with Gasteiger partial charge in [0.1, 0.15) is 6.54 Å². The van der Waals surface area contributed by atoms with Gasteiger partial charge < -0.3 is 16.0 Å². The number of hydrogen-bond donors (Lipinski definition) is 2. The van der Waals surface area contributed by atoms with Gasteiger partial charge in [0.05, 0.1) is 0 Å². The van der Waals surface area contributed by atoms with E-state index in [0.29, 0.717) is 12.5 Å². The van der Waals surface area contributed by atoms with E-state index in [2.05, 4.69) is 5.32 Å². The highest BCUT2D eigenvalue weighted by Gasteiger charge is 2.14. The Kier molecular flexibility index (Phi) is 4.87. The summed E-state index contributed by atoms with van der Waals surface area (Å²) in [7, 11) is 1.52. The summed E-state index contributed by atoms with van der Waals surface area (Å²) in [4.78, 5) is 23.2. The summed E-state index contributed by atoms with van der Waals surface area (Å²) in [5.41, 5.74) is 5.00. The monoisotopic (exact) mass is 187 g/mol. The quantitative estimate of drug-likeness (QED) is 0.638. The van der Waals surface area contributed by atoms with Crippen molar-refractivity contribution < 1.29 is 9.59 Å². The lowest BCUT2D eigenvalue weighted by atomic mass is 10.2. The van der Waals surface area contributed by atoms with E-state index in [9.17, 15) is 9.59 Å². The largest absolute Gasteiger partial charge is 0.368 e. The molecule has 0 rings (SSSR count). The summed E-state index contributed by atoms with van der Waals surface area (Å²) < 4.78 is 0. The second-order valence-corrected chi connectivity index (χ2v) is 3.30. The highest BCUT2D eigenvalue weighted by atomic mass is 16.2. The molecule has 0 aliphatic rings. The number of primary amides is 1. The Morgan fingerprint density at radius 2 is 2.00 bits per heavy atom. The molecule has 3 N–H and O–H groups in total. The van der Waals surface area contributed by atoms with Gasteiger partial charge in [0.25, 0.3) is 0 Å². The predicted octanol–water partition coefficient (Wildman–Crippen LogP) is -0.231. The van der Waals surface area contributed by atoms with Crippen molar-refractivity contribution in [2.45, 2.75) is 13.8 Å². The maximum Gasteiger partial charge on any atom is 0.317 e. The number of nitrogens with zero attached hydrogens (tertiary/aromatic N) is 1. The minimum absolute atomic E-state index is 0.0299. The Morgan fingerprint density at radius 1 is 1.46 bits per heavy atom. The van der Waals surface area contributed by atoms with Crippen LogP contribution < -0.4 is 11.1 Å². The van der Waals surface area contributed by atoms with Crippen LogP contribution in [0.15, 0.2) is 0 Å². The lowest BCUT2D eigenvalue weighted by Crippen LogP contribution is -2.44. The van der Waals surface area contributed by atoms with Gasteiger partial charge >= 0.3 is 6.03 Å². The molecule has 0 heterocycles. The number of amides is 3. The second-order valence-electron chi connectivity index (χ2n) is 3.30. The SMILES string of the molecule is CNC(=O)N(CC(N)=O)CC(C)C. The molecule has 0 saturated carbocycles. The fraction of sp³-hybridized carbons (Fsp3) is 0.750. The zero-order valence-corrected chi connectivity index (χ0v) is 8.33. The van der Waals surface area contributed by atoms with Crippen LogP contribution in [-0.2, 0) is 4.79 Å². The Morgan fingerprint density at radius 3 is 2.31 bits per heavy atom. The highest BCUT2D eigenvalue weighted by Crippen LogP contribution is 1.98. The molecule has 0 fully saturated rings. The average molecular weight is 187 g/mol. The van der Waals surface area contributed by atoms with Gasteiger partial charge in [0.2, 0.25) is 5.91 Å². The number of hydrogen-bond acceptors (Lipinski definition) is 2. The maximum absolute atomic E-state index is 11.2. The van der Waals surface area contributed by atoms with E-state index < -0.39 is 5.91 Å². The van der Waals surface area contributed by atoms with Crippen molar-refractivity contribution in [1.29, 1.82) is 0 Å². The molecule has 13 heavy (non-hydrogen) atoms. The fourth-order valence-corrected chi connectivity index (χ4v) is 1.01. The third kappa shape index (κ3) is 5.05. The van der Waals surface area contributed by atoms with E-state index in [4.69, 9.17) is 5.73 Å². The maximum atomic E-state index is 11.2. The van der Waals surface area contributed by atoms with Crippen molar-refractivity contribution in [3.63, 3.8) is 0 Å². The first-order valence-corrected chi connectivity index (χ1v) is 4.22. The van der Waals surface area contributed by atoms with Gasteiger partial charge in [-0.2, -0.15) is 0 Å². The summed E-state index contributed by atoms with van der Waals surface area (Å²) >= 11 is 0. The van der Waals surface area contributed by atoms with Gasteiger partial charge in [0.15, 0.2) is 0 Å². The lowest BCUT2D eigenvalue weighted by Gasteiger charge is -2.22. The van der Waals surface area contributed by atoms with E-state index in [-0.39, 0.29) is 12.6 Å². The van der Waals surface area contributed by atoms with Crippen LogP contribution in [0.1, 0.15) is 13.8 Å².